The van der Waals surface area contributed by atoms with Crippen LogP contribution in [-0.2, 0) is 10.0 Å². The van der Waals surface area contributed by atoms with Crippen molar-refractivity contribution in [1.29, 1.82) is 0 Å². The van der Waals surface area contributed by atoms with E-state index in [1.807, 2.05) is 6.07 Å². The van der Waals surface area contributed by atoms with Crippen LogP contribution >= 0.6 is 11.3 Å². The van der Waals surface area contributed by atoms with Gasteiger partial charge in [0.25, 0.3) is 10.0 Å². The van der Waals surface area contributed by atoms with Crippen molar-refractivity contribution in [2.75, 3.05) is 4.72 Å². The van der Waals surface area contributed by atoms with Gasteiger partial charge in [-0.15, -0.1) is 10.2 Å². The Morgan fingerprint density at radius 3 is 2.57 bits per heavy atom. The molecule has 8 heteroatoms. The molecule has 0 aliphatic heterocycles. The molecule has 0 amide bonds. The Bertz CT molecular complexity index is 834. The van der Waals surface area contributed by atoms with Gasteiger partial charge in [-0.3, -0.25) is 9.71 Å². The number of aromatic nitrogens is 3. The molecule has 106 valence electrons. The van der Waals surface area contributed by atoms with Gasteiger partial charge in [-0.2, -0.15) is 0 Å². The average molecular weight is 318 g/mol. The topological polar surface area (TPSA) is 84.8 Å². The highest BCUT2D eigenvalue weighted by Crippen LogP contribution is 2.27. The Morgan fingerprint density at radius 2 is 1.86 bits per heavy atom. The SMILES string of the molecule is O=S(=O)(Nc1nncs1)c1ccccc1-c1ccccn1. The zero-order valence-electron chi connectivity index (χ0n) is 10.7. The summed E-state index contributed by atoms with van der Waals surface area (Å²) in [5.74, 6) is 0. The Hall–Kier alpha value is -2.32. The van der Waals surface area contributed by atoms with Gasteiger partial charge in [-0.1, -0.05) is 35.6 Å². The first-order chi connectivity index (χ1) is 10.2. The van der Waals surface area contributed by atoms with Crippen molar-refractivity contribution in [2.45, 2.75) is 4.90 Å². The summed E-state index contributed by atoms with van der Waals surface area (Å²) in [6, 6.07) is 12.0. The number of hydrogen-bond acceptors (Lipinski definition) is 6. The average Bonchev–Trinajstić information content (AvgIpc) is 3.00. The summed E-state index contributed by atoms with van der Waals surface area (Å²) in [6.07, 6.45) is 1.62. The van der Waals surface area contributed by atoms with Crippen molar-refractivity contribution >= 4 is 26.5 Å². The molecule has 0 bridgehead atoms. The minimum Gasteiger partial charge on any atom is -0.256 e. The molecular formula is C13H10N4O2S2. The zero-order chi connectivity index (χ0) is 14.7. The summed E-state index contributed by atoms with van der Waals surface area (Å²) < 4.78 is 27.4. The molecule has 0 saturated heterocycles. The Kier molecular flexibility index (Phi) is 3.63. The second-order valence-electron chi connectivity index (χ2n) is 4.06. The number of sulfonamides is 1. The van der Waals surface area contributed by atoms with E-state index >= 15 is 0 Å². The minimum absolute atomic E-state index is 0.152. The van der Waals surface area contributed by atoms with Crippen LogP contribution in [0, 0.1) is 0 Å². The lowest BCUT2D eigenvalue weighted by Gasteiger charge is -2.10. The molecule has 0 saturated carbocycles. The highest BCUT2D eigenvalue weighted by Gasteiger charge is 2.20. The van der Waals surface area contributed by atoms with E-state index in [0.717, 1.165) is 11.3 Å². The van der Waals surface area contributed by atoms with Gasteiger partial charge in [0.05, 0.1) is 10.6 Å². The van der Waals surface area contributed by atoms with Crippen LogP contribution in [0.4, 0.5) is 5.13 Å². The Morgan fingerprint density at radius 1 is 1.05 bits per heavy atom. The Labute approximate surface area is 125 Å². The van der Waals surface area contributed by atoms with Crippen molar-refractivity contribution in [2.24, 2.45) is 0 Å². The molecule has 0 aliphatic carbocycles. The van der Waals surface area contributed by atoms with Gasteiger partial charge in [0.1, 0.15) is 5.51 Å². The van der Waals surface area contributed by atoms with Crippen LogP contribution in [0.25, 0.3) is 11.3 Å². The third kappa shape index (κ3) is 2.91. The molecule has 3 rings (SSSR count). The maximum absolute atomic E-state index is 12.5. The largest absolute Gasteiger partial charge is 0.264 e. The highest BCUT2D eigenvalue weighted by molar-refractivity contribution is 7.93. The fraction of sp³-hybridized carbons (Fsp3) is 0. The van der Waals surface area contributed by atoms with E-state index in [2.05, 4.69) is 19.9 Å². The molecule has 1 N–H and O–H groups in total. The van der Waals surface area contributed by atoms with Gasteiger partial charge in [0.15, 0.2) is 0 Å². The summed E-state index contributed by atoms with van der Waals surface area (Å²) in [4.78, 5) is 4.35. The molecule has 6 nitrogen and oxygen atoms in total. The standard InChI is InChI=1S/C13H10N4O2S2/c18-21(19,17-13-16-15-9-20-13)12-7-2-1-5-10(12)11-6-3-4-8-14-11/h1-9H,(H,16,17). The lowest BCUT2D eigenvalue weighted by Crippen LogP contribution is -2.14. The van der Waals surface area contributed by atoms with Crippen LogP contribution in [0.15, 0.2) is 59.1 Å². The first-order valence-electron chi connectivity index (χ1n) is 5.96. The fourth-order valence-corrected chi connectivity index (χ4v) is 3.73. The number of rotatable bonds is 4. The van der Waals surface area contributed by atoms with Crippen LogP contribution in [0.1, 0.15) is 0 Å². The molecule has 1 aromatic carbocycles. The zero-order valence-corrected chi connectivity index (χ0v) is 12.3. The van der Waals surface area contributed by atoms with Crippen molar-refractivity contribution in [3.8, 4) is 11.3 Å². The van der Waals surface area contributed by atoms with Gasteiger partial charge < -0.3 is 0 Å². The van der Waals surface area contributed by atoms with E-state index in [1.165, 1.54) is 11.6 Å². The third-order valence-electron chi connectivity index (χ3n) is 2.70. The number of pyridine rings is 1. The molecule has 0 aliphatic rings. The maximum atomic E-state index is 12.5. The van der Waals surface area contributed by atoms with Gasteiger partial charge in [-0.05, 0) is 18.2 Å². The quantitative estimate of drug-likeness (QED) is 0.798. The number of anilines is 1. The summed E-state index contributed by atoms with van der Waals surface area (Å²) >= 11 is 1.12. The fourth-order valence-electron chi connectivity index (χ4n) is 1.82. The van der Waals surface area contributed by atoms with Crippen molar-refractivity contribution < 1.29 is 8.42 Å². The third-order valence-corrected chi connectivity index (χ3v) is 4.83. The molecule has 0 atom stereocenters. The predicted molar refractivity (Wildman–Crippen MR) is 80.4 cm³/mol. The van der Waals surface area contributed by atoms with Crippen LogP contribution < -0.4 is 4.72 Å². The van der Waals surface area contributed by atoms with Crippen LogP contribution in [0.3, 0.4) is 0 Å². The van der Waals surface area contributed by atoms with Crippen molar-refractivity contribution in [3.63, 3.8) is 0 Å². The molecule has 3 aromatic rings. The van der Waals surface area contributed by atoms with Gasteiger partial charge in [0, 0.05) is 11.8 Å². The predicted octanol–water partition coefficient (Wildman–Crippen LogP) is 2.40. The molecular weight excluding hydrogens is 308 g/mol. The van der Waals surface area contributed by atoms with E-state index in [9.17, 15) is 8.42 Å². The van der Waals surface area contributed by atoms with Crippen LogP contribution in [-0.4, -0.2) is 23.6 Å². The molecule has 2 aromatic heterocycles. The number of benzene rings is 1. The van der Waals surface area contributed by atoms with Crippen LogP contribution in [0.5, 0.6) is 0 Å². The summed E-state index contributed by atoms with van der Waals surface area (Å²) in [7, 11) is -3.74. The van der Waals surface area contributed by atoms with Crippen molar-refractivity contribution in [3.05, 3.63) is 54.2 Å². The van der Waals surface area contributed by atoms with E-state index in [0.29, 0.717) is 11.3 Å². The smallest absolute Gasteiger partial charge is 0.256 e. The van der Waals surface area contributed by atoms with E-state index in [1.54, 1.807) is 36.5 Å². The normalized spacial score (nSPS) is 11.2. The molecule has 0 spiro atoms. The summed E-state index contributed by atoms with van der Waals surface area (Å²) in [5.41, 5.74) is 2.59. The van der Waals surface area contributed by atoms with Gasteiger partial charge in [-0.25, -0.2) is 8.42 Å². The lowest BCUT2D eigenvalue weighted by atomic mass is 10.1. The van der Waals surface area contributed by atoms with Gasteiger partial charge >= 0.3 is 0 Å². The first kappa shape index (κ1) is 13.7. The summed E-state index contributed by atoms with van der Waals surface area (Å²) in [5, 5.41) is 7.53. The molecule has 0 radical (unpaired) electrons. The van der Waals surface area contributed by atoms with Crippen molar-refractivity contribution in [1.82, 2.24) is 15.2 Å². The number of nitrogens with one attached hydrogen (secondary N) is 1. The molecule has 21 heavy (non-hydrogen) atoms. The lowest BCUT2D eigenvalue weighted by molar-refractivity contribution is 0.601. The van der Waals surface area contributed by atoms with E-state index < -0.39 is 10.0 Å². The summed E-state index contributed by atoms with van der Waals surface area (Å²) in [6.45, 7) is 0. The minimum atomic E-state index is -3.74. The molecule has 0 fully saturated rings. The first-order valence-corrected chi connectivity index (χ1v) is 8.32. The molecule has 2 heterocycles. The van der Waals surface area contributed by atoms with Crippen LogP contribution in [0.2, 0.25) is 0 Å². The Balaban J connectivity index is 2.07. The van der Waals surface area contributed by atoms with Gasteiger partial charge in [0.2, 0.25) is 5.13 Å². The van der Waals surface area contributed by atoms with E-state index in [4.69, 9.17) is 0 Å². The maximum Gasteiger partial charge on any atom is 0.264 e. The second kappa shape index (κ2) is 5.58. The monoisotopic (exact) mass is 318 g/mol. The number of nitrogens with zero attached hydrogens (tertiary/aromatic N) is 3. The molecule has 0 unspecified atom stereocenters. The number of hydrogen-bond donors (Lipinski definition) is 1. The second-order valence-corrected chi connectivity index (χ2v) is 6.54. The van der Waals surface area contributed by atoms with E-state index in [-0.39, 0.29) is 10.0 Å². The highest BCUT2D eigenvalue weighted by atomic mass is 32.2.